The van der Waals surface area contributed by atoms with Gasteiger partial charge in [-0.15, -0.1) is 0 Å². The van der Waals surface area contributed by atoms with Crippen molar-refractivity contribution in [3.05, 3.63) is 35.2 Å². The number of fused-ring (bicyclic) bond motifs is 1. The fraction of sp³-hybridized carbons (Fsp3) is 0.522. The van der Waals surface area contributed by atoms with E-state index in [0.29, 0.717) is 0 Å². The average Bonchev–Trinajstić information content (AvgIpc) is 3.41. The molecule has 2 aromatic heterocycles. The Kier molecular flexibility index (Phi) is 5.54. The first-order chi connectivity index (χ1) is 14.0. The van der Waals surface area contributed by atoms with Crippen LogP contribution in [0.5, 0.6) is 11.5 Å². The van der Waals surface area contributed by atoms with Crippen LogP contribution in [-0.2, 0) is 6.54 Å². The van der Waals surface area contributed by atoms with Crippen molar-refractivity contribution in [1.82, 2.24) is 14.5 Å². The molecule has 0 atom stereocenters. The SMILES string of the molecule is CCCN(Cc1c(C)nn2c(-c3ccc(OC)cc3OC)c(C)oc12)CC1CC1. The van der Waals surface area contributed by atoms with Gasteiger partial charge in [0.2, 0.25) is 5.71 Å². The van der Waals surface area contributed by atoms with Crippen LogP contribution in [-0.4, -0.2) is 41.8 Å². The first-order valence-electron chi connectivity index (χ1n) is 10.5. The molecule has 1 fully saturated rings. The van der Waals surface area contributed by atoms with Crippen LogP contribution in [0.2, 0.25) is 0 Å². The van der Waals surface area contributed by atoms with Crippen LogP contribution in [0, 0.1) is 19.8 Å². The molecular weight excluding hydrogens is 366 g/mol. The smallest absolute Gasteiger partial charge is 0.227 e. The highest BCUT2D eigenvalue weighted by Gasteiger charge is 2.27. The van der Waals surface area contributed by atoms with E-state index in [1.807, 2.05) is 29.6 Å². The van der Waals surface area contributed by atoms with Crippen molar-refractivity contribution >= 4 is 5.71 Å². The Balaban J connectivity index is 1.74. The molecule has 1 aliphatic carbocycles. The first-order valence-corrected chi connectivity index (χ1v) is 10.5. The first kappa shape index (κ1) is 19.8. The summed E-state index contributed by atoms with van der Waals surface area (Å²) < 4.78 is 19.2. The molecule has 3 aromatic rings. The molecule has 1 aromatic carbocycles. The zero-order chi connectivity index (χ0) is 20.5. The van der Waals surface area contributed by atoms with Crippen LogP contribution >= 0.6 is 0 Å². The Morgan fingerprint density at radius 1 is 1.21 bits per heavy atom. The Morgan fingerprint density at radius 3 is 2.66 bits per heavy atom. The molecular formula is C23H31N3O3. The summed E-state index contributed by atoms with van der Waals surface area (Å²) in [5.41, 5.74) is 4.92. The molecule has 6 heteroatoms. The summed E-state index contributed by atoms with van der Waals surface area (Å²) in [5.74, 6) is 3.20. The number of nitrogens with zero attached hydrogens (tertiary/aromatic N) is 3. The molecule has 0 unspecified atom stereocenters. The van der Waals surface area contributed by atoms with Crippen LogP contribution in [0.3, 0.4) is 0 Å². The number of oxazole rings is 1. The highest BCUT2D eigenvalue weighted by molar-refractivity contribution is 5.73. The summed E-state index contributed by atoms with van der Waals surface area (Å²) >= 11 is 0. The number of aromatic nitrogens is 2. The molecule has 0 aliphatic heterocycles. The van der Waals surface area contributed by atoms with Crippen molar-refractivity contribution in [1.29, 1.82) is 0 Å². The van der Waals surface area contributed by atoms with Gasteiger partial charge in [0.05, 0.1) is 25.5 Å². The number of ether oxygens (including phenoxy) is 2. The van der Waals surface area contributed by atoms with Gasteiger partial charge < -0.3 is 13.9 Å². The summed E-state index contributed by atoms with van der Waals surface area (Å²) in [4.78, 5) is 2.55. The van der Waals surface area contributed by atoms with Crippen molar-refractivity contribution in [3.63, 3.8) is 0 Å². The third kappa shape index (κ3) is 3.86. The summed E-state index contributed by atoms with van der Waals surface area (Å²) in [6.07, 6.45) is 3.88. The molecule has 0 amide bonds. The number of hydrogen-bond donors (Lipinski definition) is 0. The number of rotatable bonds is 9. The molecule has 1 saturated carbocycles. The Morgan fingerprint density at radius 2 is 2.00 bits per heavy atom. The van der Waals surface area contributed by atoms with Gasteiger partial charge in [-0.3, -0.25) is 4.90 Å². The normalized spacial score (nSPS) is 14.1. The highest BCUT2D eigenvalue weighted by Crippen LogP contribution is 2.38. The van der Waals surface area contributed by atoms with Crippen molar-refractivity contribution < 1.29 is 13.9 Å². The molecule has 0 spiro atoms. The van der Waals surface area contributed by atoms with Crippen molar-refractivity contribution in [3.8, 4) is 22.8 Å². The topological polar surface area (TPSA) is 52.1 Å². The Labute approximate surface area is 172 Å². The van der Waals surface area contributed by atoms with Gasteiger partial charge in [-0.2, -0.15) is 9.61 Å². The van der Waals surface area contributed by atoms with E-state index in [-0.39, 0.29) is 0 Å². The predicted octanol–water partition coefficient (Wildman–Crippen LogP) is 4.85. The lowest BCUT2D eigenvalue weighted by Crippen LogP contribution is -2.26. The van der Waals surface area contributed by atoms with E-state index in [9.17, 15) is 0 Å². The van der Waals surface area contributed by atoms with Crippen LogP contribution in [0.4, 0.5) is 0 Å². The van der Waals surface area contributed by atoms with Gasteiger partial charge in [0.1, 0.15) is 23.0 Å². The zero-order valence-electron chi connectivity index (χ0n) is 18.1. The lowest BCUT2D eigenvalue weighted by atomic mass is 10.1. The number of hydrogen-bond acceptors (Lipinski definition) is 5. The Hall–Kier alpha value is -2.47. The number of benzene rings is 1. The third-order valence-corrected chi connectivity index (χ3v) is 5.73. The minimum atomic E-state index is 0.742. The minimum absolute atomic E-state index is 0.742. The molecule has 29 heavy (non-hydrogen) atoms. The van der Waals surface area contributed by atoms with Crippen LogP contribution in [0.25, 0.3) is 17.0 Å². The molecule has 156 valence electrons. The van der Waals surface area contributed by atoms with Gasteiger partial charge in [0.25, 0.3) is 0 Å². The van der Waals surface area contributed by atoms with Crippen LogP contribution in [0.1, 0.15) is 43.2 Å². The van der Waals surface area contributed by atoms with Gasteiger partial charge in [-0.05, 0) is 57.7 Å². The molecule has 0 saturated heterocycles. The van der Waals surface area contributed by atoms with E-state index in [1.165, 1.54) is 24.9 Å². The molecule has 6 nitrogen and oxygen atoms in total. The van der Waals surface area contributed by atoms with Crippen molar-refractivity contribution in [2.45, 2.75) is 46.6 Å². The average molecular weight is 398 g/mol. The molecule has 0 radical (unpaired) electrons. The number of aryl methyl sites for hydroxylation is 2. The predicted molar refractivity (Wildman–Crippen MR) is 114 cm³/mol. The zero-order valence-corrected chi connectivity index (χ0v) is 18.1. The summed E-state index contributed by atoms with van der Waals surface area (Å²) in [5, 5.41) is 4.85. The minimum Gasteiger partial charge on any atom is -0.497 e. The second kappa shape index (κ2) is 8.11. The van der Waals surface area contributed by atoms with E-state index >= 15 is 0 Å². The van der Waals surface area contributed by atoms with Gasteiger partial charge in [-0.1, -0.05) is 6.92 Å². The van der Waals surface area contributed by atoms with Crippen LogP contribution in [0.15, 0.2) is 22.6 Å². The largest absolute Gasteiger partial charge is 0.497 e. The Bertz CT molecular complexity index is 1000. The van der Waals surface area contributed by atoms with Crippen molar-refractivity contribution in [2.24, 2.45) is 5.92 Å². The monoisotopic (exact) mass is 397 g/mol. The molecule has 2 heterocycles. The standard InChI is InChI=1S/C23H31N3O3/c1-6-11-25(13-17-7-8-17)14-20-15(2)24-26-22(16(3)29-23(20)26)19-10-9-18(27-4)12-21(19)28-5/h9-10,12,17H,6-8,11,13-14H2,1-5H3. The second-order valence-corrected chi connectivity index (χ2v) is 8.03. The molecule has 1 aliphatic rings. The van der Waals surface area contributed by atoms with E-state index in [1.54, 1.807) is 14.2 Å². The summed E-state index contributed by atoms with van der Waals surface area (Å²) in [6, 6.07) is 5.83. The van der Waals surface area contributed by atoms with Gasteiger partial charge >= 0.3 is 0 Å². The van der Waals surface area contributed by atoms with Crippen molar-refractivity contribution in [2.75, 3.05) is 27.3 Å². The van der Waals surface area contributed by atoms with Crippen LogP contribution < -0.4 is 9.47 Å². The van der Waals surface area contributed by atoms with E-state index in [2.05, 4.69) is 18.7 Å². The molecule has 4 rings (SSSR count). The second-order valence-electron chi connectivity index (χ2n) is 8.03. The van der Waals surface area contributed by atoms with Gasteiger partial charge in [-0.25, -0.2) is 0 Å². The third-order valence-electron chi connectivity index (χ3n) is 5.73. The molecule has 0 N–H and O–H groups in total. The molecule has 0 bridgehead atoms. The quantitative estimate of drug-likeness (QED) is 0.517. The summed E-state index contributed by atoms with van der Waals surface area (Å²) in [7, 11) is 3.33. The van der Waals surface area contributed by atoms with Gasteiger partial charge in [0, 0.05) is 24.7 Å². The maximum absolute atomic E-state index is 6.25. The highest BCUT2D eigenvalue weighted by atomic mass is 16.5. The van der Waals surface area contributed by atoms with Gasteiger partial charge in [0.15, 0.2) is 0 Å². The maximum Gasteiger partial charge on any atom is 0.227 e. The lowest BCUT2D eigenvalue weighted by molar-refractivity contribution is 0.254. The lowest BCUT2D eigenvalue weighted by Gasteiger charge is -2.20. The fourth-order valence-corrected chi connectivity index (χ4v) is 4.06. The van der Waals surface area contributed by atoms with E-state index in [0.717, 1.165) is 65.4 Å². The fourth-order valence-electron chi connectivity index (χ4n) is 4.06. The maximum atomic E-state index is 6.25. The van der Waals surface area contributed by atoms with E-state index in [4.69, 9.17) is 19.0 Å². The summed E-state index contributed by atoms with van der Waals surface area (Å²) in [6.45, 7) is 9.46. The van der Waals surface area contributed by atoms with E-state index < -0.39 is 0 Å². The number of methoxy groups -OCH3 is 2.